The van der Waals surface area contributed by atoms with Gasteiger partial charge in [-0.2, -0.15) is 8.42 Å². The van der Waals surface area contributed by atoms with Gasteiger partial charge in [-0.1, -0.05) is 63.6 Å². The van der Waals surface area contributed by atoms with Gasteiger partial charge in [0.15, 0.2) is 0 Å². The van der Waals surface area contributed by atoms with E-state index in [0.717, 1.165) is 18.4 Å². The number of benzene rings is 1. The predicted molar refractivity (Wildman–Crippen MR) is 85.9 cm³/mol. The summed E-state index contributed by atoms with van der Waals surface area (Å²) in [5.41, 5.74) is 0.721. The minimum absolute atomic E-state index is 0. The van der Waals surface area contributed by atoms with E-state index in [-0.39, 0.29) is 45.5 Å². The Labute approximate surface area is 155 Å². The molecule has 0 fully saturated rings. The van der Waals surface area contributed by atoms with Crippen LogP contribution in [0.3, 0.4) is 0 Å². The van der Waals surface area contributed by atoms with E-state index < -0.39 is 10.1 Å². The molecule has 0 aliphatic heterocycles. The fourth-order valence-electron chi connectivity index (χ4n) is 2.23. The average Bonchev–Trinajstić information content (AvgIpc) is 2.37. The summed E-state index contributed by atoms with van der Waals surface area (Å²) in [6.07, 6.45) is 9.10. The number of aryl methyl sites for hydroxylation is 1. The second-order valence-corrected chi connectivity index (χ2v) is 6.34. The molecule has 1 rings (SSSR count). The molecule has 5 heteroatoms. The number of unbranched alkanes of at least 4 members (excludes halogenated alkanes) is 6. The first kappa shape index (κ1) is 20.4. The second kappa shape index (κ2) is 11.0. The zero-order valence-corrected chi connectivity index (χ0v) is 15.4. The molecular formula is C15H26CaO3S. The van der Waals surface area contributed by atoms with E-state index in [4.69, 9.17) is 4.55 Å². The minimum Gasteiger partial charge on any atom is -1.00 e. The maximum Gasteiger partial charge on any atom is 2.00 e. The van der Waals surface area contributed by atoms with Crippen LogP contribution in [0.5, 0.6) is 0 Å². The third-order valence-electron chi connectivity index (χ3n) is 3.30. The summed E-state index contributed by atoms with van der Waals surface area (Å²) in [5, 5.41) is 0. The first-order chi connectivity index (χ1) is 9.05. The maximum absolute atomic E-state index is 11.2. The van der Waals surface area contributed by atoms with Gasteiger partial charge < -0.3 is 2.85 Å². The molecule has 0 saturated carbocycles. The van der Waals surface area contributed by atoms with Crippen LogP contribution in [0.15, 0.2) is 29.2 Å². The summed E-state index contributed by atoms with van der Waals surface area (Å²) < 4.78 is 31.6. The molecule has 1 aromatic carbocycles. The smallest absolute Gasteiger partial charge is 1.00 e. The molecule has 0 amide bonds. The zero-order chi connectivity index (χ0) is 14.1. The maximum atomic E-state index is 11.2. The van der Waals surface area contributed by atoms with Crippen molar-refractivity contribution < 1.29 is 15.8 Å². The van der Waals surface area contributed by atoms with Gasteiger partial charge in [-0.25, -0.2) is 0 Å². The van der Waals surface area contributed by atoms with Gasteiger partial charge >= 0.3 is 37.7 Å². The molecule has 20 heavy (non-hydrogen) atoms. The van der Waals surface area contributed by atoms with Crippen LogP contribution in [0, 0.1) is 0 Å². The predicted octanol–water partition coefficient (Wildman–Crippen LogP) is 4.07. The Morgan fingerprint density at radius 2 is 1.55 bits per heavy atom. The minimum atomic E-state index is -4.09. The molecule has 0 heterocycles. The number of rotatable bonds is 9. The van der Waals surface area contributed by atoms with E-state index in [2.05, 4.69) is 6.92 Å². The summed E-state index contributed by atoms with van der Waals surface area (Å²) in [6.45, 7) is 2.20. The van der Waals surface area contributed by atoms with Crippen molar-refractivity contribution in [3.8, 4) is 0 Å². The first-order valence-corrected chi connectivity index (χ1v) is 8.55. The quantitative estimate of drug-likeness (QED) is 0.423. The summed E-state index contributed by atoms with van der Waals surface area (Å²) in [5.74, 6) is 0. The van der Waals surface area contributed by atoms with Gasteiger partial charge in [0.05, 0.1) is 4.90 Å². The zero-order valence-electron chi connectivity index (χ0n) is 14.3. The van der Waals surface area contributed by atoms with Crippen molar-refractivity contribution in [3.63, 3.8) is 0 Å². The molecule has 0 spiro atoms. The standard InChI is InChI=1S/C15H24O3S.Ca.2H/c1-2-3-4-5-6-7-8-11-14-12-9-10-13-15(14)19(16,17)18;;;/h9-10,12-13H,2-8,11H2,1H3,(H,16,17,18);;;/q;+2;2*-1. The molecule has 0 unspecified atom stereocenters. The summed E-state index contributed by atoms with van der Waals surface area (Å²) >= 11 is 0. The Balaban J connectivity index is -0.00000120. The van der Waals surface area contributed by atoms with Crippen LogP contribution in [0.4, 0.5) is 0 Å². The Kier molecular flexibility index (Phi) is 11.2. The summed E-state index contributed by atoms with van der Waals surface area (Å²) in [4.78, 5) is 0.0565. The Bertz CT molecular complexity index is 481. The first-order valence-electron chi connectivity index (χ1n) is 7.11. The second-order valence-electron chi connectivity index (χ2n) is 4.95. The van der Waals surface area contributed by atoms with E-state index >= 15 is 0 Å². The van der Waals surface area contributed by atoms with Gasteiger partial charge in [0, 0.05) is 0 Å². The van der Waals surface area contributed by atoms with Crippen molar-refractivity contribution in [2.45, 2.75) is 63.2 Å². The van der Waals surface area contributed by atoms with Crippen LogP contribution in [0.2, 0.25) is 0 Å². The normalized spacial score (nSPS) is 11.1. The van der Waals surface area contributed by atoms with Gasteiger partial charge in [-0.05, 0) is 24.5 Å². The summed E-state index contributed by atoms with van der Waals surface area (Å²) in [6, 6.07) is 6.69. The van der Waals surface area contributed by atoms with Gasteiger partial charge in [0.1, 0.15) is 0 Å². The van der Waals surface area contributed by atoms with E-state index in [0.29, 0.717) is 6.42 Å². The SMILES string of the molecule is CCCCCCCCCc1ccccc1S(=O)(=O)O.[Ca+2].[H-].[H-]. The van der Waals surface area contributed by atoms with Crippen LogP contribution in [0.1, 0.15) is 60.3 Å². The molecule has 1 N–H and O–H groups in total. The molecule has 0 atom stereocenters. The molecule has 0 bridgehead atoms. The third-order valence-corrected chi connectivity index (χ3v) is 4.25. The molecule has 0 aliphatic rings. The Morgan fingerprint density at radius 1 is 1.00 bits per heavy atom. The molecule has 3 nitrogen and oxygen atoms in total. The van der Waals surface area contributed by atoms with Crippen LogP contribution in [0.25, 0.3) is 0 Å². The van der Waals surface area contributed by atoms with Crippen molar-refractivity contribution in [2.24, 2.45) is 0 Å². The number of hydrogen-bond donors (Lipinski definition) is 1. The largest absolute Gasteiger partial charge is 2.00 e. The van der Waals surface area contributed by atoms with E-state index in [1.165, 1.54) is 38.2 Å². The van der Waals surface area contributed by atoms with Crippen LogP contribution in [-0.2, 0) is 16.5 Å². The van der Waals surface area contributed by atoms with Crippen LogP contribution >= 0.6 is 0 Å². The molecule has 0 radical (unpaired) electrons. The Morgan fingerprint density at radius 3 is 2.15 bits per heavy atom. The van der Waals surface area contributed by atoms with Gasteiger partial charge in [-0.15, -0.1) is 0 Å². The van der Waals surface area contributed by atoms with Gasteiger partial charge in [0.2, 0.25) is 0 Å². The van der Waals surface area contributed by atoms with Gasteiger partial charge in [0.25, 0.3) is 10.1 Å². The monoisotopic (exact) mass is 326 g/mol. The molecule has 0 aliphatic carbocycles. The van der Waals surface area contributed by atoms with Crippen molar-refractivity contribution in [2.75, 3.05) is 0 Å². The van der Waals surface area contributed by atoms with Crippen molar-refractivity contribution in [1.29, 1.82) is 0 Å². The third kappa shape index (κ3) is 7.99. The average molecular weight is 327 g/mol. The number of hydrogen-bond acceptors (Lipinski definition) is 2. The fourth-order valence-corrected chi connectivity index (χ4v) is 2.99. The Hall–Kier alpha value is 0.390. The van der Waals surface area contributed by atoms with Crippen molar-refractivity contribution in [3.05, 3.63) is 29.8 Å². The fraction of sp³-hybridized carbons (Fsp3) is 0.600. The van der Waals surface area contributed by atoms with Crippen molar-refractivity contribution >= 4 is 47.9 Å². The van der Waals surface area contributed by atoms with Gasteiger partial charge in [-0.3, -0.25) is 4.55 Å². The van der Waals surface area contributed by atoms with Crippen molar-refractivity contribution in [1.82, 2.24) is 0 Å². The van der Waals surface area contributed by atoms with E-state index in [9.17, 15) is 8.42 Å². The van der Waals surface area contributed by atoms with E-state index in [1.807, 2.05) is 6.07 Å². The molecule has 112 valence electrons. The molecular weight excluding hydrogens is 300 g/mol. The molecule has 0 aromatic heterocycles. The van der Waals surface area contributed by atoms with Crippen LogP contribution < -0.4 is 0 Å². The topological polar surface area (TPSA) is 54.4 Å². The molecule has 0 saturated heterocycles. The van der Waals surface area contributed by atoms with Crippen LogP contribution in [-0.4, -0.2) is 50.7 Å². The summed E-state index contributed by atoms with van der Waals surface area (Å²) in [7, 11) is -4.09. The van der Waals surface area contributed by atoms with E-state index in [1.54, 1.807) is 12.1 Å². The molecule has 1 aromatic rings.